The summed E-state index contributed by atoms with van der Waals surface area (Å²) in [5.74, 6) is 0.00866. The van der Waals surface area contributed by atoms with Gasteiger partial charge in [-0.3, -0.25) is 0 Å². The van der Waals surface area contributed by atoms with E-state index < -0.39 is 5.03 Å². The van der Waals surface area contributed by atoms with Gasteiger partial charge in [-0.05, 0) is 11.1 Å². The maximum Gasteiger partial charge on any atom is 0.262 e. The Kier molecular flexibility index (Phi) is 4.34. The molecule has 1 aromatic heterocycles. The van der Waals surface area contributed by atoms with Crippen LogP contribution in [0.1, 0.15) is 22.7 Å². The third kappa shape index (κ3) is 3.22. The molecular formula is C17H15N3O2S. The fourth-order valence-corrected chi connectivity index (χ4v) is 3.53. The molecule has 0 spiro atoms. The summed E-state index contributed by atoms with van der Waals surface area (Å²) >= 11 is 1.28. The fourth-order valence-electron chi connectivity index (χ4n) is 2.63. The molecular weight excluding hydrogens is 310 g/mol. The van der Waals surface area contributed by atoms with Crippen LogP contribution in [-0.4, -0.2) is 9.60 Å². The predicted molar refractivity (Wildman–Crippen MR) is 89.7 cm³/mol. The van der Waals surface area contributed by atoms with Crippen molar-refractivity contribution >= 4 is 11.3 Å². The van der Waals surface area contributed by atoms with E-state index in [4.69, 9.17) is 0 Å². The molecule has 0 bridgehead atoms. The quantitative estimate of drug-likeness (QED) is 0.545. The minimum absolute atomic E-state index is 0.00866. The van der Waals surface area contributed by atoms with Crippen LogP contribution in [0.5, 0.6) is 0 Å². The van der Waals surface area contributed by atoms with Crippen LogP contribution in [0.4, 0.5) is 0 Å². The van der Waals surface area contributed by atoms with Crippen molar-refractivity contribution in [3.8, 4) is 0 Å². The van der Waals surface area contributed by atoms with Crippen LogP contribution in [-0.2, 0) is 7.05 Å². The standard InChI is InChI=1S/C17H15N3O2S/c1-19-15(12-23-17(19)18-20(21)22)16(13-8-4-2-5-9-13)14-10-6-3-7-11-14/h2-12,16H,1H3/b18-17-. The van der Waals surface area contributed by atoms with Gasteiger partial charge >= 0.3 is 0 Å². The topological polar surface area (TPSA) is 60.4 Å². The first-order valence-electron chi connectivity index (χ1n) is 7.10. The van der Waals surface area contributed by atoms with E-state index in [1.54, 1.807) is 4.57 Å². The van der Waals surface area contributed by atoms with E-state index in [0.29, 0.717) is 4.80 Å². The zero-order valence-corrected chi connectivity index (χ0v) is 13.3. The molecule has 3 rings (SSSR count). The van der Waals surface area contributed by atoms with Gasteiger partial charge in [0.1, 0.15) is 0 Å². The first-order valence-corrected chi connectivity index (χ1v) is 7.98. The lowest BCUT2D eigenvalue weighted by atomic mass is 9.89. The zero-order valence-electron chi connectivity index (χ0n) is 12.5. The molecule has 5 nitrogen and oxygen atoms in total. The number of nitro groups is 1. The van der Waals surface area contributed by atoms with Crippen LogP contribution in [0.2, 0.25) is 0 Å². The Morgan fingerprint density at radius 1 is 1.04 bits per heavy atom. The summed E-state index contributed by atoms with van der Waals surface area (Å²) in [7, 11) is 1.81. The Bertz CT molecular complexity index is 830. The third-order valence-corrected chi connectivity index (χ3v) is 4.61. The van der Waals surface area contributed by atoms with Gasteiger partial charge in [-0.15, -0.1) is 0 Å². The number of thiazole rings is 1. The van der Waals surface area contributed by atoms with Crippen molar-refractivity contribution in [1.29, 1.82) is 0 Å². The maximum absolute atomic E-state index is 10.7. The van der Waals surface area contributed by atoms with Crippen molar-refractivity contribution in [1.82, 2.24) is 4.57 Å². The SMILES string of the molecule is Cn1c(C(c2ccccc2)c2ccccc2)cs/c1=N\[N+](=O)[O-]. The van der Waals surface area contributed by atoms with Crippen LogP contribution in [0.3, 0.4) is 0 Å². The molecule has 1 heterocycles. The zero-order chi connectivity index (χ0) is 16.2. The van der Waals surface area contributed by atoms with Gasteiger partial charge in [0.25, 0.3) is 4.80 Å². The second-order valence-electron chi connectivity index (χ2n) is 5.09. The summed E-state index contributed by atoms with van der Waals surface area (Å²) in [4.78, 5) is 11.0. The predicted octanol–water partition coefficient (Wildman–Crippen LogP) is 3.36. The van der Waals surface area contributed by atoms with Gasteiger partial charge < -0.3 is 4.57 Å². The second-order valence-corrected chi connectivity index (χ2v) is 5.93. The molecule has 6 heteroatoms. The van der Waals surface area contributed by atoms with E-state index in [9.17, 15) is 10.1 Å². The molecule has 0 N–H and O–H groups in total. The molecule has 0 atom stereocenters. The highest BCUT2D eigenvalue weighted by atomic mass is 32.1. The summed E-state index contributed by atoms with van der Waals surface area (Å²) in [5, 5.41) is 15.4. The highest BCUT2D eigenvalue weighted by Crippen LogP contribution is 2.31. The Morgan fingerprint density at radius 2 is 1.57 bits per heavy atom. The maximum atomic E-state index is 10.7. The molecule has 2 aromatic carbocycles. The van der Waals surface area contributed by atoms with Crippen molar-refractivity contribution in [2.75, 3.05) is 0 Å². The highest BCUT2D eigenvalue weighted by molar-refractivity contribution is 7.07. The fraction of sp³-hybridized carbons (Fsp3) is 0.118. The Morgan fingerprint density at radius 3 is 2.04 bits per heavy atom. The van der Waals surface area contributed by atoms with E-state index in [-0.39, 0.29) is 5.92 Å². The number of benzene rings is 2. The molecule has 0 radical (unpaired) electrons. The Labute approximate surface area is 137 Å². The van der Waals surface area contributed by atoms with Gasteiger partial charge in [0.2, 0.25) is 0 Å². The van der Waals surface area contributed by atoms with Crippen molar-refractivity contribution < 1.29 is 5.03 Å². The Hall–Kier alpha value is -2.73. The number of hydrogen-bond donors (Lipinski definition) is 0. The molecule has 23 heavy (non-hydrogen) atoms. The average Bonchev–Trinajstić information content (AvgIpc) is 2.90. The van der Waals surface area contributed by atoms with Crippen LogP contribution in [0.15, 0.2) is 71.1 Å². The van der Waals surface area contributed by atoms with Gasteiger partial charge in [0.05, 0.1) is 11.0 Å². The van der Waals surface area contributed by atoms with Crippen LogP contribution in [0, 0.1) is 10.1 Å². The molecule has 0 aliphatic heterocycles. The molecule has 0 fully saturated rings. The summed E-state index contributed by atoms with van der Waals surface area (Å²) in [6.45, 7) is 0. The number of aromatic nitrogens is 1. The molecule has 3 aromatic rings. The first kappa shape index (κ1) is 15.2. The highest BCUT2D eigenvalue weighted by Gasteiger charge is 2.20. The van der Waals surface area contributed by atoms with E-state index >= 15 is 0 Å². The molecule has 0 saturated heterocycles. The van der Waals surface area contributed by atoms with E-state index in [2.05, 4.69) is 29.4 Å². The lowest BCUT2D eigenvalue weighted by molar-refractivity contribution is -0.490. The van der Waals surface area contributed by atoms with Gasteiger partial charge in [-0.2, -0.15) is 0 Å². The van der Waals surface area contributed by atoms with Gasteiger partial charge in [0, 0.05) is 18.1 Å². The molecule has 116 valence electrons. The molecule has 0 unspecified atom stereocenters. The summed E-state index contributed by atoms with van der Waals surface area (Å²) in [6.07, 6.45) is 0. The van der Waals surface area contributed by atoms with E-state index in [1.165, 1.54) is 11.3 Å². The van der Waals surface area contributed by atoms with Crippen LogP contribution in [0.25, 0.3) is 0 Å². The van der Waals surface area contributed by atoms with Gasteiger partial charge in [-0.25, -0.2) is 10.1 Å². The first-order chi connectivity index (χ1) is 11.2. The largest absolute Gasteiger partial charge is 0.318 e. The van der Waals surface area contributed by atoms with E-state index in [1.807, 2.05) is 48.8 Å². The van der Waals surface area contributed by atoms with Crippen molar-refractivity contribution in [2.24, 2.45) is 12.1 Å². The summed E-state index contributed by atoms with van der Waals surface area (Å²) in [5.41, 5.74) is 3.26. The summed E-state index contributed by atoms with van der Waals surface area (Å²) in [6, 6.07) is 20.2. The number of rotatable bonds is 4. The van der Waals surface area contributed by atoms with Crippen LogP contribution < -0.4 is 4.80 Å². The van der Waals surface area contributed by atoms with E-state index in [0.717, 1.165) is 16.8 Å². The smallest absolute Gasteiger partial charge is 0.262 e. The average molecular weight is 325 g/mol. The Balaban J connectivity index is 2.18. The molecule has 0 aliphatic carbocycles. The minimum Gasteiger partial charge on any atom is -0.318 e. The van der Waals surface area contributed by atoms with Gasteiger partial charge in [0.15, 0.2) is 5.03 Å². The summed E-state index contributed by atoms with van der Waals surface area (Å²) < 4.78 is 1.79. The number of nitrogens with zero attached hydrogens (tertiary/aromatic N) is 3. The third-order valence-electron chi connectivity index (χ3n) is 3.69. The lowest BCUT2D eigenvalue weighted by Crippen LogP contribution is -2.18. The van der Waals surface area contributed by atoms with Crippen LogP contribution >= 0.6 is 11.3 Å². The van der Waals surface area contributed by atoms with Crippen molar-refractivity contribution in [3.63, 3.8) is 0 Å². The molecule has 0 amide bonds. The minimum atomic E-state index is -0.657. The lowest BCUT2D eigenvalue weighted by Gasteiger charge is -2.18. The van der Waals surface area contributed by atoms with Crippen molar-refractivity contribution in [3.05, 3.63) is 97.8 Å². The monoisotopic (exact) mass is 325 g/mol. The molecule has 0 saturated carbocycles. The second kappa shape index (κ2) is 6.58. The normalized spacial score (nSPS) is 11.8. The van der Waals surface area contributed by atoms with Gasteiger partial charge in [-0.1, -0.05) is 72.0 Å². The van der Waals surface area contributed by atoms with Crippen molar-refractivity contribution in [2.45, 2.75) is 5.92 Å². The number of hydrogen-bond acceptors (Lipinski definition) is 3. The molecule has 0 aliphatic rings.